The number of amides is 1. The standard InChI is InChI=1S/C29H33N7O.C16H21N5.C13H14N2O2/c1-4-9-26-25(20-32-36(26)23-11-6-5-7-12-23)29(37)35-16-14-34(15-17-35)28-19-27(30-21-31-28)33(3)24-13-8-10-22(2)18-24;1-13-4-3-5-14(10-13)20(2)15-11-16(19-12-18-15)21-8-6-17-7-9-21;1-2-6-12-11(13(16)17)9-14-15(12)10-7-4-3-5-8-10/h5-8,10-13,18-21H,4,9,14-17H2,1-3H3;3-5,10-12,17H,6-9H2,1-2H3;3-5,7-9H,2,6H2,1H3,(H,16,17). The van der Waals surface area contributed by atoms with Gasteiger partial charge in [-0.1, -0.05) is 87.4 Å². The molecule has 388 valence electrons. The van der Waals surface area contributed by atoms with Gasteiger partial charge < -0.3 is 34.9 Å². The number of aromatic carboxylic acids is 1. The fraction of sp³-hybridized carbons (Fsp3) is 0.310. The number of piperazine rings is 2. The molecule has 6 heterocycles. The number of para-hydroxylation sites is 2. The second kappa shape index (κ2) is 25.5. The predicted molar refractivity (Wildman–Crippen MR) is 298 cm³/mol. The molecule has 17 heteroatoms. The van der Waals surface area contributed by atoms with Crippen molar-refractivity contribution in [3.8, 4) is 11.4 Å². The lowest BCUT2D eigenvalue weighted by Crippen LogP contribution is -2.49. The van der Waals surface area contributed by atoms with Gasteiger partial charge in [0, 0.05) is 90.0 Å². The second-order valence-electron chi connectivity index (χ2n) is 18.6. The van der Waals surface area contributed by atoms with Crippen LogP contribution in [0.15, 0.2) is 146 Å². The Morgan fingerprint density at radius 1 is 0.560 bits per heavy atom. The average Bonchev–Trinajstić information content (AvgIpc) is 4.09. The number of carboxylic acid groups (broad SMARTS) is 1. The van der Waals surface area contributed by atoms with Crippen LogP contribution in [-0.2, 0) is 12.8 Å². The Labute approximate surface area is 440 Å². The van der Waals surface area contributed by atoms with Gasteiger partial charge in [0.05, 0.1) is 40.7 Å². The molecule has 0 saturated carbocycles. The van der Waals surface area contributed by atoms with E-state index in [0.717, 1.165) is 103 Å². The molecule has 0 aliphatic carbocycles. The summed E-state index contributed by atoms with van der Waals surface area (Å²) in [5.74, 6) is 2.76. The van der Waals surface area contributed by atoms with Crippen LogP contribution in [0, 0.1) is 13.8 Å². The molecule has 75 heavy (non-hydrogen) atoms. The zero-order valence-corrected chi connectivity index (χ0v) is 43.9. The van der Waals surface area contributed by atoms with Gasteiger partial charge in [-0.25, -0.2) is 34.1 Å². The van der Waals surface area contributed by atoms with E-state index in [0.29, 0.717) is 38.2 Å². The third-order valence-corrected chi connectivity index (χ3v) is 13.2. The van der Waals surface area contributed by atoms with Gasteiger partial charge in [-0.05, 0) is 86.3 Å². The lowest BCUT2D eigenvalue weighted by Gasteiger charge is -2.35. The van der Waals surface area contributed by atoms with Gasteiger partial charge in [0.15, 0.2) is 0 Å². The third-order valence-electron chi connectivity index (χ3n) is 13.2. The summed E-state index contributed by atoms with van der Waals surface area (Å²) in [6.07, 6.45) is 9.75. The van der Waals surface area contributed by atoms with Crippen molar-refractivity contribution < 1.29 is 14.7 Å². The number of benzene rings is 4. The topological polar surface area (TPSA) is 170 Å². The Morgan fingerprint density at radius 3 is 1.47 bits per heavy atom. The lowest BCUT2D eigenvalue weighted by molar-refractivity contribution is 0.0694. The van der Waals surface area contributed by atoms with Gasteiger partial charge in [0.2, 0.25) is 0 Å². The van der Waals surface area contributed by atoms with Crippen LogP contribution in [0.2, 0.25) is 0 Å². The maximum atomic E-state index is 13.5. The lowest BCUT2D eigenvalue weighted by atomic mass is 10.1. The van der Waals surface area contributed by atoms with Crippen molar-refractivity contribution in [2.75, 3.05) is 86.1 Å². The van der Waals surface area contributed by atoms with Gasteiger partial charge in [0.25, 0.3) is 5.91 Å². The fourth-order valence-corrected chi connectivity index (χ4v) is 9.17. The molecule has 10 rings (SSSR count). The summed E-state index contributed by atoms with van der Waals surface area (Å²) in [5, 5.41) is 21.2. The summed E-state index contributed by atoms with van der Waals surface area (Å²) < 4.78 is 3.60. The Kier molecular flexibility index (Phi) is 18.0. The van der Waals surface area contributed by atoms with Crippen LogP contribution >= 0.6 is 0 Å². The van der Waals surface area contributed by atoms with Crippen molar-refractivity contribution in [2.45, 2.75) is 53.4 Å². The van der Waals surface area contributed by atoms with Crippen LogP contribution in [0.4, 0.5) is 34.6 Å². The first-order chi connectivity index (χ1) is 36.5. The molecule has 0 spiro atoms. The average molecular weight is 1010 g/mol. The molecule has 0 bridgehead atoms. The van der Waals surface area contributed by atoms with E-state index in [1.54, 1.807) is 23.5 Å². The number of hydrogen-bond donors (Lipinski definition) is 2. The molecule has 4 aromatic heterocycles. The summed E-state index contributed by atoms with van der Waals surface area (Å²) in [6.45, 7) is 15.0. The highest BCUT2D eigenvalue weighted by Crippen LogP contribution is 2.28. The number of carbonyl (C=O) groups is 2. The minimum atomic E-state index is -0.921. The number of carboxylic acids is 1. The van der Waals surface area contributed by atoms with Crippen LogP contribution in [-0.4, -0.2) is 128 Å². The van der Waals surface area contributed by atoms with E-state index >= 15 is 0 Å². The molecule has 0 radical (unpaired) electrons. The molecule has 17 nitrogen and oxygen atoms in total. The number of hydrogen-bond acceptors (Lipinski definition) is 13. The minimum absolute atomic E-state index is 0.0489. The molecule has 0 unspecified atom stereocenters. The SMILES string of the molecule is CCCc1c(C(=O)N2CCN(c3cc(N(C)c4cccc(C)c4)ncn3)CC2)cnn1-c1ccccc1.CCCc1c(C(=O)O)cnn1-c1ccccc1.Cc1cccc(N(C)c2cc(N3CCNCC3)ncn2)c1. The highest BCUT2D eigenvalue weighted by atomic mass is 16.4. The zero-order valence-electron chi connectivity index (χ0n) is 43.9. The molecule has 2 aliphatic rings. The van der Waals surface area contributed by atoms with Crippen LogP contribution in [0.5, 0.6) is 0 Å². The predicted octanol–water partition coefficient (Wildman–Crippen LogP) is 9.14. The molecule has 2 fully saturated rings. The van der Waals surface area contributed by atoms with Crippen molar-refractivity contribution in [2.24, 2.45) is 0 Å². The molecule has 1 amide bonds. The highest BCUT2D eigenvalue weighted by Gasteiger charge is 2.27. The van der Waals surface area contributed by atoms with Crippen molar-refractivity contribution in [3.63, 3.8) is 0 Å². The van der Waals surface area contributed by atoms with E-state index in [1.807, 2.05) is 97.3 Å². The largest absolute Gasteiger partial charge is 0.478 e. The maximum Gasteiger partial charge on any atom is 0.339 e. The Balaban J connectivity index is 0.000000165. The summed E-state index contributed by atoms with van der Waals surface area (Å²) in [5.41, 5.74) is 9.25. The first-order valence-corrected chi connectivity index (χ1v) is 25.8. The number of aromatic nitrogens is 8. The van der Waals surface area contributed by atoms with E-state index in [9.17, 15) is 9.59 Å². The quantitative estimate of drug-likeness (QED) is 0.106. The zero-order chi connectivity index (χ0) is 52.7. The van der Waals surface area contributed by atoms with E-state index in [4.69, 9.17) is 5.11 Å². The first-order valence-electron chi connectivity index (χ1n) is 25.8. The molecule has 8 aromatic rings. The normalized spacial score (nSPS) is 13.3. The summed E-state index contributed by atoms with van der Waals surface area (Å²) >= 11 is 0. The van der Waals surface area contributed by atoms with Gasteiger partial charge in [-0.15, -0.1) is 0 Å². The summed E-state index contributed by atoms with van der Waals surface area (Å²) in [7, 11) is 4.06. The van der Waals surface area contributed by atoms with Crippen molar-refractivity contribution in [1.29, 1.82) is 0 Å². The number of nitrogens with zero attached hydrogens (tertiary/aromatic N) is 13. The van der Waals surface area contributed by atoms with Crippen molar-refractivity contribution in [3.05, 3.63) is 180 Å². The maximum absolute atomic E-state index is 13.5. The van der Waals surface area contributed by atoms with Crippen LogP contribution in [0.25, 0.3) is 11.4 Å². The fourth-order valence-electron chi connectivity index (χ4n) is 9.17. The Bertz CT molecular complexity index is 3110. The molecular formula is C58H68N14O3. The van der Waals surface area contributed by atoms with Crippen LogP contribution < -0.4 is 24.9 Å². The number of anilines is 6. The molecule has 4 aromatic carbocycles. The monoisotopic (exact) mass is 1010 g/mol. The molecule has 2 aliphatic heterocycles. The Hall–Kier alpha value is -8.44. The minimum Gasteiger partial charge on any atom is -0.478 e. The molecule has 2 N–H and O–H groups in total. The summed E-state index contributed by atoms with van der Waals surface area (Å²) in [4.78, 5) is 53.1. The van der Waals surface area contributed by atoms with Crippen molar-refractivity contribution in [1.82, 2.24) is 49.7 Å². The summed E-state index contributed by atoms with van der Waals surface area (Å²) in [6, 6.07) is 40.4. The number of carbonyl (C=O) groups excluding carboxylic acids is 1. The van der Waals surface area contributed by atoms with Gasteiger partial charge in [0.1, 0.15) is 41.5 Å². The molecule has 0 atom stereocenters. The van der Waals surface area contributed by atoms with E-state index in [-0.39, 0.29) is 11.5 Å². The first kappa shape index (κ1) is 52.9. The van der Waals surface area contributed by atoms with Gasteiger partial charge in [-0.2, -0.15) is 10.2 Å². The Morgan fingerprint density at radius 2 is 1.01 bits per heavy atom. The van der Waals surface area contributed by atoms with E-state index < -0.39 is 5.97 Å². The van der Waals surface area contributed by atoms with Crippen molar-refractivity contribution >= 4 is 46.5 Å². The molecule has 2 saturated heterocycles. The van der Waals surface area contributed by atoms with Gasteiger partial charge >= 0.3 is 5.97 Å². The number of rotatable bonds is 14. The number of aryl methyl sites for hydroxylation is 2. The van der Waals surface area contributed by atoms with Gasteiger partial charge in [-0.3, -0.25) is 4.79 Å². The smallest absolute Gasteiger partial charge is 0.339 e. The third kappa shape index (κ3) is 13.2. The van der Waals surface area contributed by atoms with Crippen LogP contribution in [0.1, 0.15) is 69.9 Å². The van der Waals surface area contributed by atoms with E-state index in [2.05, 4.69) is 130 Å². The molecular weight excluding hydrogens is 941 g/mol. The van der Waals surface area contributed by atoms with Crippen LogP contribution in [0.3, 0.4) is 0 Å². The van der Waals surface area contributed by atoms with E-state index in [1.165, 1.54) is 17.3 Å². The second-order valence-corrected chi connectivity index (χ2v) is 18.6. The number of nitrogens with one attached hydrogen (secondary N) is 1. The highest BCUT2D eigenvalue weighted by molar-refractivity contribution is 5.95.